The maximum atomic E-state index is 11.9. The number of benzene rings is 1. The Labute approximate surface area is 99.3 Å². The Morgan fingerprint density at radius 2 is 2.06 bits per heavy atom. The predicted molar refractivity (Wildman–Crippen MR) is 54.7 cm³/mol. The molecule has 0 spiro atoms. The van der Waals surface area contributed by atoms with Gasteiger partial charge in [-0.3, -0.25) is 14.9 Å². The van der Waals surface area contributed by atoms with Gasteiger partial charge in [0.15, 0.2) is 6.29 Å². The summed E-state index contributed by atoms with van der Waals surface area (Å²) in [6, 6.07) is 3.09. The van der Waals surface area contributed by atoms with Crippen molar-refractivity contribution in [2.24, 2.45) is 0 Å². The Balaban J connectivity index is 2.77. The number of halogens is 3. The second-order valence-electron chi connectivity index (χ2n) is 3.31. The van der Waals surface area contributed by atoms with Crippen molar-refractivity contribution in [3.8, 4) is 5.75 Å². The van der Waals surface area contributed by atoms with Crippen LogP contribution in [-0.2, 0) is 0 Å². The van der Waals surface area contributed by atoms with Crippen LogP contribution in [-0.4, -0.2) is 24.0 Å². The summed E-state index contributed by atoms with van der Waals surface area (Å²) in [5.74, 6) is -0.111. The van der Waals surface area contributed by atoms with E-state index in [9.17, 15) is 28.1 Å². The van der Waals surface area contributed by atoms with E-state index < -0.39 is 24.1 Å². The van der Waals surface area contributed by atoms with E-state index in [1.54, 1.807) is 0 Å². The van der Waals surface area contributed by atoms with E-state index in [2.05, 4.69) is 0 Å². The van der Waals surface area contributed by atoms with Gasteiger partial charge in [0.1, 0.15) is 5.75 Å². The molecule has 0 heterocycles. The fourth-order valence-corrected chi connectivity index (χ4v) is 1.15. The summed E-state index contributed by atoms with van der Waals surface area (Å²) in [7, 11) is 0. The first-order valence-corrected chi connectivity index (χ1v) is 4.76. The van der Waals surface area contributed by atoms with Crippen LogP contribution in [0, 0.1) is 10.1 Å². The zero-order valence-corrected chi connectivity index (χ0v) is 8.94. The molecule has 0 N–H and O–H groups in total. The lowest BCUT2D eigenvalue weighted by atomic mass is 10.2. The quantitative estimate of drug-likeness (QED) is 0.465. The van der Waals surface area contributed by atoms with Crippen molar-refractivity contribution in [1.29, 1.82) is 0 Å². The van der Waals surface area contributed by atoms with Crippen LogP contribution in [0.2, 0.25) is 0 Å². The maximum absolute atomic E-state index is 11.9. The normalized spacial score (nSPS) is 11.1. The summed E-state index contributed by atoms with van der Waals surface area (Å²) in [4.78, 5) is 20.3. The Bertz CT molecular complexity index is 459. The second kappa shape index (κ2) is 5.48. The molecular formula is C10H8F3NO4. The standard InChI is InChI=1S/C10H8F3NO4/c11-10(12,13)3-4-18-9-2-1-8(14(16)17)5-7(9)6-15/h1-2,5-6H,3-4H2. The number of carbonyl (C=O) groups excluding carboxylic acids is 1. The second-order valence-corrected chi connectivity index (χ2v) is 3.31. The Morgan fingerprint density at radius 3 is 2.56 bits per heavy atom. The molecule has 0 unspecified atom stereocenters. The van der Waals surface area contributed by atoms with Crippen LogP contribution >= 0.6 is 0 Å². The lowest BCUT2D eigenvalue weighted by Crippen LogP contribution is -2.13. The van der Waals surface area contributed by atoms with Crippen molar-refractivity contribution in [3.05, 3.63) is 33.9 Å². The molecule has 0 bridgehead atoms. The number of aldehydes is 1. The third-order valence-corrected chi connectivity index (χ3v) is 1.97. The van der Waals surface area contributed by atoms with E-state index in [0.717, 1.165) is 18.2 Å². The van der Waals surface area contributed by atoms with Crippen molar-refractivity contribution in [1.82, 2.24) is 0 Å². The molecule has 0 aliphatic rings. The van der Waals surface area contributed by atoms with E-state index >= 15 is 0 Å². The summed E-state index contributed by atoms with van der Waals surface area (Å²) >= 11 is 0. The van der Waals surface area contributed by atoms with E-state index in [4.69, 9.17) is 4.74 Å². The Kier molecular flexibility index (Phi) is 4.24. The number of nitro benzene ring substituents is 1. The van der Waals surface area contributed by atoms with Gasteiger partial charge in [-0.05, 0) is 6.07 Å². The zero-order chi connectivity index (χ0) is 13.8. The number of rotatable bonds is 5. The van der Waals surface area contributed by atoms with Gasteiger partial charge in [0.25, 0.3) is 5.69 Å². The molecule has 0 radical (unpaired) electrons. The van der Waals surface area contributed by atoms with Crippen LogP contribution in [0.1, 0.15) is 16.8 Å². The molecule has 1 rings (SSSR count). The van der Waals surface area contributed by atoms with Crippen molar-refractivity contribution in [2.75, 3.05) is 6.61 Å². The van der Waals surface area contributed by atoms with E-state index in [1.807, 2.05) is 0 Å². The fraction of sp³-hybridized carbons (Fsp3) is 0.300. The minimum absolute atomic E-state index is 0.111. The minimum atomic E-state index is -4.36. The molecule has 0 aliphatic heterocycles. The largest absolute Gasteiger partial charge is 0.492 e. The average Bonchev–Trinajstić information content (AvgIpc) is 2.27. The van der Waals surface area contributed by atoms with Crippen LogP contribution in [0.25, 0.3) is 0 Å². The van der Waals surface area contributed by atoms with Crippen LogP contribution in [0.4, 0.5) is 18.9 Å². The SMILES string of the molecule is O=Cc1cc([N+](=O)[O-])ccc1OCCC(F)(F)F. The van der Waals surface area contributed by atoms with Crippen molar-refractivity contribution < 1.29 is 27.6 Å². The molecule has 0 amide bonds. The van der Waals surface area contributed by atoms with Crippen LogP contribution in [0.15, 0.2) is 18.2 Å². The monoisotopic (exact) mass is 263 g/mol. The van der Waals surface area contributed by atoms with Crippen LogP contribution in [0.3, 0.4) is 0 Å². The van der Waals surface area contributed by atoms with Gasteiger partial charge >= 0.3 is 6.18 Å². The average molecular weight is 263 g/mol. The highest BCUT2D eigenvalue weighted by molar-refractivity contribution is 5.80. The molecule has 0 aromatic heterocycles. The number of alkyl halides is 3. The highest BCUT2D eigenvalue weighted by atomic mass is 19.4. The van der Waals surface area contributed by atoms with Gasteiger partial charge in [-0.15, -0.1) is 0 Å². The highest BCUT2D eigenvalue weighted by Crippen LogP contribution is 2.24. The minimum Gasteiger partial charge on any atom is -0.492 e. The molecule has 1 aromatic carbocycles. The lowest BCUT2D eigenvalue weighted by molar-refractivity contribution is -0.384. The van der Waals surface area contributed by atoms with Crippen molar-refractivity contribution >= 4 is 12.0 Å². The number of hydrogen-bond donors (Lipinski definition) is 0. The van der Waals surface area contributed by atoms with Crippen molar-refractivity contribution in [2.45, 2.75) is 12.6 Å². The molecule has 0 atom stereocenters. The molecule has 18 heavy (non-hydrogen) atoms. The molecule has 0 aliphatic carbocycles. The molecule has 5 nitrogen and oxygen atoms in total. The highest BCUT2D eigenvalue weighted by Gasteiger charge is 2.27. The van der Waals surface area contributed by atoms with E-state index in [0.29, 0.717) is 0 Å². The van der Waals surface area contributed by atoms with Gasteiger partial charge < -0.3 is 4.74 Å². The van der Waals surface area contributed by atoms with Gasteiger partial charge in [-0.25, -0.2) is 0 Å². The third-order valence-electron chi connectivity index (χ3n) is 1.97. The number of hydrogen-bond acceptors (Lipinski definition) is 4. The summed E-state index contributed by atoms with van der Waals surface area (Å²) in [6.45, 7) is -0.651. The molecule has 0 fully saturated rings. The molecule has 98 valence electrons. The van der Waals surface area contributed by atoms with Gasteiger partial charge in [0.2, 0.25) is 0 Å². The number of carbonyl (C=O) groups is 1. The Hall–Kier alpha value is -2.12. The molecule has 0 saturated carbocycles. The van der Waals surface area contributed by atoms with E-state index in [-0.39, 0.29) is 23.3 Å². The zero-order valence-electron chi connectivity index (χ0n) is 8.94. The number of nitro groups is 1. The summed E-state index contributed by atoms with van der Waals surface area (Å²) in [5.41, 5.74) is -0.494. The molecule has 8 heteroatoms. The number of ether oxygens (including phenoxy) is 1. The predicted octanol–water partition coefficient (Wildman–Crippen LogP) is 2.74. The fourth-order valence-electron chi connectivity index (χ4n) is 1.15. The number of non-ortho nitro benzene ring substituents is 1. The molecule has 1 aromatic rings. The topological polar surface area (TPSA) is 69.4 Å². The third kappa shape index (κ3) is 4.04. The summed E-state index contributed by atoms with van der Waals surface area (Å²) < 4.78 is 40.4. The lowest BCUT2D eigenvalue weighted by Gasteiger charge is -2.09. The first kappa shape index (κ1) is 13.9. The smallest absolute Gasteiger partial charge is 0.392 e. The van der Waals surface area contributed by atoms with E-state index in [1.165, 1.54) is 0 Å². The van der Waals surface area contributed by atoms with Gasteiger partial charge in [-0.2, -0.15) is 13.2 Å². The van der Waals surface area contributed by atoms with Crippen LogP contribution in [0.5, 0.6) is 5.75 Å². The van der Waals surface area contributed by atoms with Crippen molar-refractivity contribution in [3.63, 3.8) is 0 Å². The number of nitrogens with zero attached hydrogens (tertiary/aromatic N) is 1. The van der Waals surface area contributed by atoms with Gasteiger partial charge in [0, 0.05) is 12.1 Å². The Morgan fingerprint density at radius 1 is 1.39 bits per heavy atom. The van der Waals surface area contributed by atoms with Gasteiger partial charge in [-0.1, -0.05) is 0 Å². The summed E-state index contributed by atoms with van der Waals surface area (Å²) in [5, 5.41) is 10.4. The molecular weight excluding hydrogens is 255 g/mol. The maximum Gasteiger partial charge on any atom is 0.392 e. The van der Waals surface area contributed by atoms with Gasteiger partial charge in [0.05, 0.1) is 23.5 Å². The molecule has 0 saturated heterocycles. The first-order chi connectivity index (χ1) is 8.33. The first-order valence-electron chi connectivity index (χ1n) is 4.76. The summed E-state index contributed by atoms with van der Waals surface area (Å²) in [6.07, 6.45) is -5.24. The van der Waals surface area contributed by atoms with Crippen LogP contribution < -0.4 is 4.74 Å².